The zero-order valence-corrected chi connectivity index (χ0v) is 22.6. The van der Waals surface area contributed by atoms with Crippen LogP contribution in [0, 0.1) is 5.92 Å². The number of carbonyl (C=O) groups is 3. The number of carboxylic acids is 1. The molecular weight excluding hydrogens is 527 g/mol. The van der Waals surface area contributed by atoms with Gasteiger partial charge in [0, 0.05) is 31.9 Å². The van der Waals surface area contributed by atoms with Gasteiger partial charge in [0.15, 0.2) is 0 Å². The number of aliphatic carboxylic acids is 1. The largest absolute Gasteiger partial charge is 0.573 e. The van der Waals surface area contributed by atoms with Gasteiger partial charge in [0.2, 0.25) is 0 Å². The van der Waals surface area contributed by atoms with Crippen molar-refractivity contribution in [3.05, 3.63) is 59.7 Å². The lowest BCUT2D eigenvalue weighted by Crippen LogP contribution is -2.56. The minimum atomic E-state index is -4.81. The first-order chi connectivity index (χ1) is 18.9. The highest BCUT2D eigenvalue weighted by Gasteiger charge is 2.57. The molecule has 2 heterocycles. The predicted molar refractivity (Wildman–Crippen MR) is 142 cm³/mol. The predicted octanol–water partition coefficient (Wildman–Crippen LogP) is 5.45. The number of amides is 3. The fourth-order valence-corrected chi connectivity index (χ4v) is 5.49. The van der Waals surface area contributed by atoms with E-state index in [1.54, 1.807) is 17.0 Å². The van der Waals surface area contributed by atoms with E-state index in [0.29, 0.717) is 55.9 Å². The van der Waals surface area contributed by atoms with Gasteiger partial charge in [-0.1, -0.05) is 38.1 Å². The molecule has 2 aliphatic rings. The Labute approximate surface area is 231 Å². The van der Waals surface area contributed by atoms with Crippen LogP contribution in [0.1, 0.15) is 50.7 Å². The molecule has 216 valence electrons. The summed E-state index contributed by atoms with van der Waals surface area (Å²) < 4.78 is 41.7. The lowest BCUT2D eigenvalue weighted by atomic mass is 9.85. The fraction of sp³-hybridized carbons (Fsp3) is 0.483. The molecule has 3 amide bonds. The molecule has 40 heavy (non-hydrogen) atoms. The highest BCUT2D eigenvalue weighted by molar-refractivity contribution is 6.07. The van der Waals surface area contributed by atoms with Gasteiger partial charge < -0.3 is 19.6 Å². The molecule has 0 atom stereocenters. The van der Waals surface area contributed by atoms with Gasteiger partial charge >= 0.3 is 18.4 Å². The van der Waals surface area contributed by atoms with Gasteiger partial charge in [-0.05, 0) is 67.0 Å². The number of rotatable bonds is 10. The van der Waals surface area contributed by atoms with Crippen LogP contribution in [0.25, 0.3) is 0 Å². The number of ether oxygens (including phenoxy) is 1. The minimum absolute atomic E-state index is 0.0750. The summed E-state index contributed by atoms with van der Waals surface area (Å²) in [6.07, 6.45) is -2.60. The van der Waals surface area contributed by atoms with Gasteiger partial charge in [-0.25, -0.2) is 4.79 Å². The summed E-state index contributed by atoms with van der Waals surface area (Å²) in [5, 5.41) is 9.14. The van der Waals surface area contributed by atoms with E-state index in [2.05, 4.69) is 23.5 Å². The number of nitrogens with zero attached hydrogens (tertiary/aromatic N) is 3. The average Bonchev–Trinajstić information content (AvgIpc) is 3.05. The van der Waals surface area contributed by atoms with Gasteiger partial charge in [0.05, 0.1) is 6.42 Å². The average molecular weight is 562 g/mol. The van der Waals surface area contributed by atoms with E-state index in [9.17, 15) is 27.6 Å². The Kier molecular flexibility index (Phi) is 8.60. The van der Waals surface area contributed by atoms with Crippen LogP contribution in [0.2, 0.25) is 0 Å². The quantitative estimate of drug-likeness (QED) is 0.388. The molecule has 11 heteroatoms. The normalized spacial score (nSPS) is 17.3. The maximum absolute atomic E-state index is 13.8. The maximum Gasteiger partial charge on any atom is 0.573 e. The Hall–Kier alpha value is -3.76. The number of hydrogen-bond donors (Lipinski definition) is 1. The lowest BCUT2D eigenvalue weighted by Gasteiger charge is -2.43. The molecule has 8 nitrogen and oxygen atoms in total. The van der Waals surface area contributed by atoms with Crippen LogP contribution in [0.4, 0.5) is 23.7 Å². The Bertz CT molecular complexity index is 1220. The number of alkyl halides is 3. The number of imide groups is 1. The standard InChI is InChI=1S/C29H34F3N3O5/c1-20(2)5-4-14-34-26(38)28(12-15-33(16-13-28)23-7-3-6-22(17-23)18-25(36)37)35(27(34)39)19-21-8-10-24(11-9-21)40-29(30,31)32/h3,6-11,17,20H,4-5,12-16,18-19H2,1-2H3,(H,36,37). The molecule has 1 spiro atoms. The fourth-order valence-electron chi connectivity index (χ4n) is 5.49. The van der Waals surface area contributed by atoms with Crippen LogP contribution < -0.4 is 9.64 Å². The second-order valence-electron chi connectivity index (χ2n) is 10.8. The highest BCUT2D eigenvalue weighted by atomic mass is 19.4. The van der Waals surface area contributed by atoms with Crippen molar-refractivity contribution in [1.29, 1.82) is 0 Å². The highest BCUT2D eigenvalue weighted by Crippen LogP contribution is 2.40. The van der Waals surface area contributed by atoms with Crippen molar-refractivity contribution in [2.75, 3.05) is 24.5 Å². The summed E-state index contributed by atoms with van der Waals surface area (Å²) in [4.78, 5) is 43.6. The number of urea groups is 1. The molecule has 0 aliphatic carbocycles. The molecule has 4 rings (SSSR count). The van der Waals surface area contributed by atoms with Crippen molar-refractivity contribution in [2.24, 2.45) is 5.92 Å². The van der Waals surface area contributed by atoms with Crippen LogP contribution in [0.15, 0.2) is 48.5 Å². The van der Waals surface area contributed by atoms with Gasteiger partial charge in [-0.15, -0.1) is 13.2 Å². The van der Waals surface area contributed by atoms with E-state index >= 15 is 0 Å². The zero-order chi connectivity index (χ0) is 29.1. The Morgan fingerprint density at radius 1 is 1.05 bits per heavy atom. The third-order valence-corrected chi connectivity index (χ3v) is 7.50. The number of anilines is 1. The van der Waals surface area contributed by atoms with Crippen molar-refractivity contribution >= 4 is 23.6 Å². The molecule has 2 aromatic carbocycles. The summed E-state index contributed by atoms with van der Waals surface area (Å²) in [6, 6.07) is 12.2. The summed E-state index contributed by atoms with van der Waals surface area (Å²) in [6.45, 7) is 5.50. The summed E-state index contributed by atoms with van der Waals surface area (Å²) in [5.41, 5.74) is 1.05. The Morgan fingerprint density at radius 3 is 2.33 bits per heavy atom. The van der Waals surface area contributed by atoms with Crippen LogP contribution in [0.3, 0.4) is 0 Å². The third kappa shape index (κ3) is 6.68. The van der Waals surface area contributed by atoms with Crippen molar-refractivity contribution in [3.8, 4) is 5.75 Å². The Balaban J connectivity index is 1.55. The number of halogens is 3. The maximum atomic E-state index is 13.8. The molecule has 2 fully saturated rings. The van der Waals surface area contributed by atoms with Crippen molar-refractivity contribution < 1.29 is 37.4 Å². The van der Waals surface area contributed by atoms with E-state index in [4.69, 9.17) is 5.11 Å². The van der Waals surface area contributed by atoms with Crippen molar-refractivity contribution in [3.63, 3.8) is 0 Å². The molecule has 0 radical (unpaired) electrons. The van der Waals surface area contributed by atoms with Gasteiger partial charge in [-0.3, -0.25) is 14.5 Å². The van der Waals surface area contributed by atoms with Gasteiger partial charge in [0.1, 0.15) is 11.3 Å². The van der Waals surface area contributed by atoms with Gasteiger partial charge in [0.25, 0.3) is 5.91 Å². The summed E-state index contributed by atoms with van der Waals surface area (Å²) in [5.74, 6) is -1.09. The lowest BCUT2D eigenvalue weighted by molar-refractivity contribution is -0.274. The second kappa shape index (κ2) is 11.8. The number of carbonyl (C=O) groups excluding carboxylic acids is 2. The summed E-state index contributed by atoms with van der Waals surface area (Å²) in [7, 11) is 0. The van der Waals surface area contributed by atoms with E-state index in [-0.39, 0.29) is 30.7 Å². The number of hydrogen-bond acceptors (Lipinski definition) is 5. The van der Waals surface area contributed by atoms with Crippen molar-refractivity contribution in [1.82, 2.24) is 9.80 Å². The molecule has 0 aromatic heterocycles. The molecule has 0 unspecified atom stereocenters. The first kappa shape index (κ1) is 29.2. The van der Waals surface area contributed by atoms with E-state index in [1.807, 2.05) is 12.1 Å². The van der Waals surface area contributed by atoms with Crippen molar-refractivity contribution in [2.45, 2.75) is 64.4 Å². The SMILES string of the molecule is CC(C)CCCN1C(=O)N(Cc2ccc(OC(F)(F)F)cc2)C2(CCN(c3cccc(CC(=O)O)c3)CC2)C1=O. The third-order valence-electron chi connectivity index (χ3n) is 7.50. The number of piperidine rings is 1. The van der Waals surface area contributed by atoms with Crippen LogP contribution in [-0.2, 0) is 22.6 Å². The van der Waals surface area contributed by atoms with E-state index in [1.165, 1.54) is 29.2 Å². The molecule has 0 bridgehead atoms. The van der Waals surface area contributed by atoms with Crippen LogP contribution in [0.5, 0.6) is 5.75 Å². The smallest absolute Gasteiger partial charge is 0.481 e. The first-order valence-corrected chi connectivity index (χ1v) is 13.4. The molecular formula is C29H34F3N3O5. The first-order valence-electron chi connectivity index (χ1n) is 13.4. The van der Waals surface area contributed by atoms with E-state index in [0.717, 1.165) is 12.1 Å². The molecule has 2 saturated heterocycles. The second-order valence-corrected chi connectivity index (χ2v) is 10.8. The Morgan fingerprint density at radius 2 is 1.73 bits per heavy atom. The molecule has 1 N–H and O–H groups in total. The minimum Gasteiger partial charge on any atom is -0.481 e. The summed E-state index contributed by atoms with van der Waals surface area (Å²) >= 11 is 0. The topological polar surface area (TPSA) is 90.4 Å². The molecule has 2 aromatic rings. The van der Waals surface area contributed by atoms with E-state index < -0.39 is 17.9 Å². The monoisotopic (exact) mass is 561 g/mol. The zero-order valence-electron chi connectivity index (χ0n) is 22.6. The number of carboxylic acid groups (broad SMARTS) is 1. The molecule has 2 aliphatic heterocycles. The molecule has 0 saturated carbocycles. The number of benzene rings is 2. The van der Waals surface area contributed by atoms with Gasteiger partial charge in [-0.2, -0.15) is 0 Å². The van der Waals surface area contributed by atoms with Crippen LogP contribution >= 0.6 is 0 Å². The van der Waals surface area contributed by atoms with Crippen LogP contribution in [-0.4, -0.2) is 64.3 Å².